The molecule has 2 aromatic carbocycles. The molecule has 140 valence electrons. The topological polar surface area (TPSA) is 44.4 Å². The number of nitrogens with zero attached hydrogens (tertiary/aromatic N) is 1. The van der Waals surface area contributed by atoms with Crippen molar-refractivity contribution in [2.24, 2.45) is 0 Å². The van der Waals surface area contributed by atoms with Crippen LogP contribution in [0.4, 0.5) is 17.1 Å². The van der Waals surface area contributed by atoms with Crippen LogP contribution in [0.15, 0.2) is 48.7 Å². The van der Waals surface area contributed by atoms with Gasteiger partial charge in [0.05, 0.1) is 5.57 Å². The summed E-state index contributed by atoms with van der Waals surface area (Å²) in [4.78, 5) is 14.7. The third kappa shape index (κ3) is 3.85. The minimum Gasteiger partial charge on any atom is -0.371 e. The van der Waals surface area contributed by atoms with Gasteiger partial charge in [0.25, 0.3) is 5.91 Å². The lowest BCUT2D eigenvalue weighted by atomic mass is 10.1. The molecule has 4 rings (SSSR count). The molecule has 2 aliphatic rings. The van der Waals surface area contributed by atoms with E-state index in [0.29, 0.717) is 5.57 Å². The second-order valence-electron chi connectivity index (χ2n) is 7.46. The van der Waals surface area contributed by atoms with Gasteiger partial charge in [-0.15, -0.1) is 0 Å². The van der Waals surface area contributed by atoms with Gasteiger partial charge in [-0.25, -0.2) is 0 Å². The fourth-order valence-corrected chi connectivity index (χ4v) is 4.03. The minimum absolute atomic E-state index is 0.0577. The number of nitrogens with one attached hydrogen (secondary N) is 2. The number of benzene rings is 2. The molecule has 2 N–H and O–H groups in total. The smallest absolute Gasteiger partial charge is 0.257 e. The van der Waals surface area contributed by atoms with Gasteiger partial charge in [-0.3, -0.25) is 4.79 Å². The summed E-state index contributed by atoms with van der Waals surface area (Å²) >= 11 is 0. The van der Waals surface area contributed by atoms with Crippen molar-refractivity contribution >= 4 is 28.5 Å². The Balaban J connectivity index is 1.51. The number of rotatable bonds is 3. The number of amides is 1. The van der Waals surface area contributed by atoms with Crippen LogP contribution in [0.2, 0.25) is 0 Å². The van der Waals surface area contributed by atoms with E-state index in [4.69, 9.17) is 0 Å². The van der Waals surface area contributed by atoms with Crippen LogP contribution in [-0.2, 0) is 4.79 Å². The summed E-state index contributed by atoms with van der Waals surface area (Å²) in [5, 5.41) is 6.21. The van der Waals surface area contributed by atoms with Crippen LogP contribution < -0.4 is 15.5 Å². The second kappa shape index (κ2) is 7.87. The van der Waals surface area contributed by atoms with E-state index in [2.05, 4.69) is 40.7 Å². The Morgan fingerprint density at radius 1 is 1.00 bits per heavy atom. The lowest BCUT2D eigenvalue weighted by molar-refractivity contribution is -0.110. The maximum absolute atomic E-state index is 12.2. The molecule has 2 aliphatic heterocycles. The Labute approximate surface area is 161 Å². The van der Waals surface area contributed by atoms with Crippen LogP contribution in [0.3, 0.4) is 0 Å². The van der Waals surface area contributed by atoms with Crippen LogP contribution >= 0.6 is 0 Å². The van der Waals surface area contributed by atoms with Gasteiger partial charge in [0, 0.05) is 41.9 Å². The van der Waals surface area contributed by atoms with Gasteiger partial charge in [0.1, 0.15) is 0 Å². The highest BCUT2D eigenvalue weighted by Crippen LogP contribution is 2.31. The summed E-state index contributed by atoms with van der Waals surface area (Å²) in [6, 6.07) is 14.3. The maximum atomic E-state index is 12.2. The molecule has 0 aromatic heterocycles. The van der Waals surface area contributed by atoms with Crippen molar-refractivity contribution in [2.45, 2.75) is 39.0 Å². The normalized spacial score (nSPS) is 18.6. The van der Waals surface area contributed by atoms with Gasteiger partial charge in [0.15, 0.2) is 0 Å². The number of anilines is 3. The van der Waals surface area contributed by atoms with E-state index in [-0.39, 0.29) is 5.91 Å². The van der Waals surface area contributed by atoms with Crippen molar-refractivity contribution in [1.29, 1.82) is 0 Å². The monoisotopic (exact) mass is 361 g/mol. The number of carbonyl (C=O) groups is 1. The molecule has 2 heterocycles. The molecule has 0 aliphatic carbocycles. The van der Waals surface area contributed by atoms with E-state index in [1.807, 2.05) is 30.5 Å². The van der Waals surface area contributed by atoms with Crippen molar-refractivity contribution in [3.05, 3.63) is 59.8 Å². The van der Waals surface area contributed by atoms with Gasteiger partial charge in [-0.1, -0.05) is 37.5 Å². The van der Waals surface area contributed by atoms with Crippen LogP contribution in [0.25, 0.3) is 5.57 Å². The zero-order valence-corrected chi connectivity index (χ0v) is 15.9. The third-order valence-corrected chi connectivity index (χ3v) is 5.49. The molecule has 0 spiro atoms. The first-order valence-electron chi connectivity index (χ1n) is 9.95. The summed E-state index contributed by atoms with van der Waals surface area (Å²) in [6.45, 7) is 4.47. The molecule has 4 heteroatoms. The van der Waals surface area contributed by atoms with Crippen molar-refractivity contribution in [2.75, 3.05) is 28.6 Å². The van der Waals surface area contributed by atoms with Crippen molar-refractivity contribution in [3.63, 3.8) is 0 Å². The van der Waals surface area contributed by atoms with E-state index in [0.717, 1.165) is 30.0 Å². The number of aryl methyl sites for hydroxylation is 1. The summed E-state index contributed by atoms with van der Waals surface area (Å²) in [5.74, 6) is -0.0577. The fourth-order valence-electron chi connectivity index (χ4n) is 4.03. The highest BCUT2D eigenvalue weighted by Gasteiger charge is 2.23. The molecule has 0 radical (unpaired) electrons. The van der Waals surface area contributed by atoms with Crippen LogP contribution in [-0.4, -0.2) is 19.0 Å². The van der Waals surface area contributed by atoms with Gasteiger partial charge in [-0.05, 0) is 49.6 Å². The minimum atomic E-state index is -0.0577. The molecule has 27 heavy (non-hydrogen) atoms. The predicted octanol–water partition coefficient (Wildman–Crippen LogP) is 5.17. The molecule has 0 bridgehead atoms. The Morgan fingerprint density at radius 3 is 2.52 bits per heavy atom. The van der Waals surface area contributed by atoms with Gasteiger partial charge in [0.2, 0.25) is 0 Å². The number of para-hydroxylation sites is 1. The third-order valence-electron chi connectivity index (χ3n) is 5.49. The first-order chi connectivity index (χ1) is 13.2. The molecular weight excluding hydrogens is 334 g/mol. The standard InChI is InChI=1S/C23H27N3O/c1-17-15-18(11-12-22(17)26-13-7-3-2-4-8-14-26)24-16-20-19-9-5-6-10-21(19)25-23(20)27/h5-6,9-12,15-16,24H,2-4,7-8,13-14H2,1H3,(H,25,27)/b20-16+. The van der Waals surface area contributed by atoms with Crippen molar-refractivity contribution < 1.29 is 4.79 Å². The molecule has 0 saturated carbocycles. The molecular formula is C23H27N3O. The summed E-state index contributed by atoms with van der Waals surface area (Å²) in [7, 11) is 0. The first-order valence-corrected chi connectivity index (χ1v) is 9.95. The van der Waals surface area contributed by atoms with Gasteiger partial charge >= 0.3 is 0 Å². The van der Waals surface area contributed by atoms with E-state index in [1.165, 1.54) is 43.4 Å². The molecule has 2 aromatic rings. The lowest BCUT2D eigenvalue weighted by Gasteiger charge is -2.28. The summed E-state index contributed by atoms with van der Waals surface area (Å²) in [5.41, 5.74) is 6.11. The SMILES string of the molecule is Cc1cc(N/C=C2/C(=O)Nc3ccccc32)ccc1N1CCCCCCC1. The molecule has 4 nitrogen and oxygen atoms in total. The Morgan fingerprint density at radius 2 is 1.74 bits per heavy atom. The summed E-state index contributed by atoms with van der Waals surface area (Å²) < 4.78 is 0. The molecule has 1 amide bonds. The van der Waals surface area contributed by atoms with E-state index in [1.54, 1.807) is 0 Å². The van der Waals surface area contributed by atoms with Crippen molar-refractivity contribution in [1.82, 2.24) is 0 Å². The van der Waals surface area contributed by atoms with Crippen LogP contribution in [0, 0.1) is 6.92 Å². The molecule has 0 atom stereocenters. The van der Waals surface area contributed by atoms with Gasteiger partial charge < -0.3 is 15.5 Å². The van der Waals surface area contributed by atoms with Crippen LogP contribution in [0.1, 0.15) is 43.2 Å². The Bertz CT molecular complexity index is 864. The number of fused-ring (bicyclic) bond motifs is 1. The van der Waals surface area contributed by atoms with Gasteiger partial charge in [-0.2, -0.15) is 0 Å². The molecule has 1 saturated heterocycles. The highest BCUT2D eigenvalue weighted by atomic mass is 16.2. The first kappa shape index (κ1) is 17.7. The molecule has 0 unspecified atom stereocenters. The van der Waals surface area contributed by atoms with Crippen LogP contribution in [0.5, 0.6) is 0 Å². The maximum Gasteiger partial charge on any atom is 0.257 e. The Kier molecular flexibility index (Phi) is 5.14. The quantitative estimate of drug-likeness (QED) is 0.741. The number of hydrogen-bond donors (Lipinski definition) is 2. The highest BCUT2D eigenvalue weighted by molar-refractivity contribution is 6.31. The summed E-state index contributed by atoms with van der Waals surface area (Å²) in [6.07, 6.45) is 8.42. The second-order valence-corrected chi connectivity index (χ2v) is 7.46. The number of hydrogen-bond acceptors (Lipinski definition) is 3. The largest absolute Gasteiger partial charge is 0.371 e. The fraction of sp³-hybridized carbons (Fsp3) is 0.348. The zero-order chi connectivity index (χ0) is 18.6. The zero-order valence-electron chi connectivity index (χ0n) is 15.9. The Hall–Kier alpha value is -2.75. The molecule has 1 fully saturated rings. The van der Waals surface area contributed by atoms with Crippen molar-refractivity contribution in [3.8, 4) is 0 Å². The lowest BCUT2D eigenvalue weighted by Crippen LogP contribution is -2.27. The predicted molar refractivity (Wildman–Crippen MR) is 113 cm³/mol. The van der Waals surface area contributed by atoms with E-state index < -0.39 is 0 Å². The van der Waals surface area contributed by atoms with E-state index >= 15 is 0 Å². The number of carbonyl (C=O) groups excluding carboxylic acids is 1. The average molecular weight is 361 g/mol. The van der Waals surface area contributed by atoms with E-state index in [9.17, 15) is 4.79 Å². The average Bonchev–Trinajstić information content (AvgIpc) is 2.96.